The molecular formula is C24H34N2O6Si. The number of hydrogen-bond donors (Lipinski definition) is 2. The Bertz CT molecular complexity index is 1010. The molecule has 2 N–H and O–H groups in total. The van der Waals surface area contributed by atoms with Gasteiger partial charge < -0.3 is 24.3 Å². The zero-order valence-corrected chi connectivity index (χ0v) is 21.4. The smallest absolute Gasteiger partial charge is 0.414 e. The highest BCUT2D eigenvalue weighted by Gasteiger charge is 2.52. The number of ether oxygens (including phenoxy) is 1. The number of hydrogen-bond acceptors (Lipinski definition) is 5. The Morgan fingerprint density at radius 1 is 1.30 bits per heavy atom. The van der Waals surface area contributed by atoms with Gasteiger partial charge in [0.1, 0.15) is 0 Å². The Balaban J connectivity index is 2.31. The molecule has 1 unspecified atom stereocenters. The molecule has 8 nitrogen and oxygen atoms in total. The Morgan fingerprint density at radius 2 is 1.94 bits per heavy atom. The van der Waals surface area contributed by atoms with Crippen LogP contribution in [0.25, 0.3) is 0 Å². The van der Waals surface area contributed by atoms with Crippen LogP contribution in [0.15, 0.2) is 36.6 Å². The van der Waals surface area contributed by atoms with Gasteiger partial charge in [-0.3, -0.25) is 4.79 Å². The van der Waals surface area contributed by atoms with Crippen LogP contribution in [0.4, 0.5) is 10.5 Å². The van der Waals surface area contributed by atoms with Crippen LogP contribution in [0.3, 0.4) is 0 Å². The van der Waals surface area contributed by atoms with Crippen molar-refractivity contribution >= 4 is 26.0 Å². The van der Waals surface area contributed by atoms with Gasteiger partial charge >= 0.3 is 6.09 Å². The summed E-state index contributed by atoms with van der Waals surface area (Å²) in [5.74, 6) is -0.687. The Morgan fingerprint density at radius 3 is 2.45 bits per heavy atom. The molecule has 3 atom stereocenters. The van der Waals surface area contributed by atoms with E-state index in [-0.39, 0.29) is 39.6 Å². The fraction of sp³-hybridized carbons (Fsp3) is 0.500. The maximum atomic E-state index is 13.7. The highest BCUT2D eigenvalue weighted by Crippen LogP contribution is 2.46. The van der Waals surface area contributed by atoms with E-state index in [1.165, 1.54) is 19.2 Å². The van der Waals surface area contributed by atoms with E-state index in [4.69, 9.17) is 9.16 Å². The fourth-order valence-electron chi connectivity index (χ4n) is 4.23. The average Bonchev–Trinajstić information content (AvgIpc) is 2.98. The number of nitrogens with zero attached hydrogens (tertiary/aromatic N) is 2. The predicted octanol–water partition coefficient (Wildman–Crippen LogP) is 5.17. The van der Waals surface area contributed by atoms with Crippen LogP contribution in [-0.2, 0) is 4.43 Å². The summed E-state index contributed by atoms with van der Waals surface area (Å²) >= 11 is 0. The molecule has 3 rings (SSSR count). The van der Waals surface area contributed by atoms with Crippen LogP contribution in [0.1, 0.15) is 44.5 Å². The third-order valence-corrected chi connectivity index (χ3v) is 11.5. The number of carbonyl (C=O) groups is 2. The zero-order valence-electron chi connectivity index (χ0n) is 20.4. The van der Waals surface area contributed by atoms with Gasteiger partial charge in [-0.1, -0.05) is 32.4 Å². The van der Waals surface area contributed by atoms with Gasteiger partial charge in [0.2, 0.25) is 0 Å². The van der Waals surface area contributed by atoms with E-state index in [0.717, 1.165) is 10.5 Å². The van der Waals surface area contributed by atoms with Gasteiger partial charge in [0, 0.05) is 18.2 Å². The Hall–Kier alpha value is -2.78. The standard InChI is InChI=1S/C24H34N2O6Si/c1-9-10-15-14(2)13-25-20(15)22(32-33(7,8)24(3,4)5)26(23(29)30)17-12-18(27)19(31-6)11-16(17)21(25)28/h9,11-13,15,20,22,27H,1,10H2,2-8H3,(H,29,30)/t15?,20-,22-/m0/s1. The average molecular weight is 475 g/mol. The van der Waals surface area contributed by atoms with Crippen LogP contribution in [0.2, 0.25) is 18.1 Å². The van der Waals surface area contributed by atoms with Crippen molar-refractivity contribution in [1.82, 2.24) is 4.90 Å². The van der Waals surface area contributed by atoms with Gasteiger partial charge in [0.25, 0.3) is 5.91 Å². The molecule has 0 aliphatic carbocycles. The topological polar surface area (TPSA) is 99.5 Å². The molecule has 0 aromatic heterocycles. The molecule has 180 valence electrons. The number of fused-ring (bicyclic) bond motifs is 2. The third kappa shape index (κ3) is 4.15. The molecule has 2 aliphatic heterocycles. The highest BCUT2D eigenvalue weighted by molar-refractivity contribution is 6.74. The summed E-state index contributed by atoms with van der Waals surface area (Å²) < 4.78 is 11.9. The van der Waals surface area contributed by atoms with Gasteiger partial charge in [-0.25, -0.2) is 9.69 Å². The first-order chi connectivity index (χ1) is 15.2. The van der Waals surface area contributed by atoms with Gasteiger partial charge in [0.05, 0.1) is 24.4 Å². The lowest BCUT2D eigenvalue weighted by Crippen LogP contribution is -2.59. The first-order valence-corrected chi connectivity index (χ1v) is 13.9. The normalized spacial score (nSPS) is 22.9. The first kappa shape index (κ1) is 24.9. The second-order valence-corrected chi connectivity index (χ2v) is 14.9. The number of benzene rings is 1. The lowest BCUT2D eigenvalue weighted by atomic mass is 9.91. The van der Waals surface area contributed by atoms with E-state index >= 15 is 0 Å². The van der Waals surface area contributed by atoms with Crippen LogP contribution in [0.5, 0.6) is 11.5 Å². The van der Waals surface area contributed by atoms with Crippen molar-refractivity contribution in [1.29, 1.82) is 0 Å². The largest absolute Gasteiger partial charge is 0.504 e. The maximum Gasteiger partial charge on any atom is 0.414 e. The molecule has 2 amide bonds. The Kier molecular flexibility index (Phi) is 6.42. The lowest BCUT2D eigenvalue weighted by Gasteiger charge is -2.45. The van der Waals surface area contributed by atoms with Crippen LogP contribution >= 0.6 is 0 Å². The summed E-state index contributed by atoms with van der Waals surface area (Å²) in [5, 5.41) is 20.6. The molecule has 9 heteroatoms. The number of rotatable bonds is 5. The van der Waals surface area contributed by atoms with Gasteiger partial charge in [0.15, 0.2) is 26.0 Å². The molecule has 0 fully saturated rings. The van der Waals surface area contributed by atoms with Crippen LogP contribution in [-0.4, -0.2) is 54.8 Å². The van der Waals surface area contributed by atoms with Gasteiger partial charge in [-0.05, 0) is 37.5 Å². The first-order valence-electron chi connectivity index (χ1n) is 11.0. The van der Waals surface area contributed by atoms with E-state index in [0.29, 0.717) is 6.42 Å². The molecule has 2 aliphatic rings. The van der Waals surface area contributed by atoms with E-state index in [1.807, 2.05) is 20.0 Å². The quantitative estimate of drug-likeness (QED) is 0.451. The summed E-state index contributed by atoms with van der Waals surface area (Å²) in [6, 6.07) is 2.07. The van der Waals surface area contributed by atoms with Crippen molar-refractivity contribution in [3.63, 3.8) is 0 Å². The van der Waals surface area contributed by atoms with Crippen molar-refractivity contribution < 1.29 is 29.0 Å². The van der Waals surface area contributed by atoms with Crippen molar-refractivity contribution in [2.24, 2.45) is 5.92 Å². The second-order valence-electron chi connectivity index (χ2n) is 10.2. The summed E-state index contributed by atoms with van der Waals surface area (Å²) in [6.45, 7) is 16.1. The minimum atomic E-state index is -2.49. The monoisotopic (exact) mass is 474 g/mol. The SMILES string of the molecule is C=CCC1C(C)=CN2C(=O)c3cc(OC)c(O)cc3N(C(=O)O)[C@@H](O[Si](C)(C)C(C)(C)C)[C@H]12. The lowest BCUT2D eigenvalue weighted by molar-refractivity contribution is 0.0511. The number of phenols is 1. The molecule has 2 heterocycles. The molecule has 0 bridgehead atoms. The van der Waals surface area contributed by atoms with Crippen LogP contribution < -0.4 is 9.64 Å². The summed E-state index contributed by atoms with van der Waals surface area (Å²) in [4.78, 5) is 29.1. The van der Waals surface area contributed by atoms with E-state index < -0.39 is 26.7 Å². The summed E-state index contributed by atoms with van der Waals surface area (Å²) in [7, 11) is -1.11. The predicted molar refractivity (Wildman–Crippen MR) is 129 cm³/mol. The maximum absolute atomic E-state index is 13.7. The second kappa shape index (κ2) is 8.53. The number of carboxylic acid groups (broad SMARTS) is 1. The molecule has 33 heavy (non-hydrogen) atoms. The molecule has 1 aromatic carbocycles. The number of carbonyl (C=O) groups excluding carboxylic acids is 1. The van der Waals surface area contributed by atoms with E-state index in [2.05, 4.69) is 27.4 Å². The van der Waals surface area contributed by atoms with Crippen molar-refractivity contribution in [3.05, 3.63) is 42.1 Å². The molecule has 1 aromatic rings. The van der Waals surface area contributed by atoms with Crippen molar-refractivity contribution in [2.45, 2.75) is 64.5 Å². The number of allylic oxidation sites excluding steroid dienone is 1. The highest BCUT2D eigenvalue weighted by atomic mass is 28.4. The molecule has 0 spiro atoms. The Labute approximate surface area is 196 Å². The third-order valence-electron chi connectivity index (χ3n) is 7.08. The van der Waals surface area contributed by atoms with E-state index in [9.17, 15) is 19.8 Å². The fourth-order valence-corrected chi connectivity index (χ4v) is 5.43. The molecular weight excluding hydrogens is 440 g/mol. The van der Waals surface area contributed by atoms with E-state index in [1.54, 1.807) is 17.2 Å². The number of amides is 2. The van der Waals surface area contributed by atoms with Crippen molar-refractivity contribution in [2.75, 3.05) is 12.0 Å². The summed E-state index contributed by atoms with van der Waals surface area (Å²) in [5.41, 5.74) is 1.16. The van der Waals surface area contributed by atoms with Gasteiger partial charge in [-0.15, -0.1) is 6.58 Å². The summed E-state index contributed by atoms with van der Waals surface area (Å²) in [6.07, 6.45) is 1.88. The number of methoxy groups -OCH3 is 1. The van der Waals surface area contributed by atoms with Crippen molar-refractivity contribution in [3.8, 4) is 11.5 Å². The molecule has 0 saturated heterocycles. The number of phenolic OH excluding ortho intramolecular Hbond substituents is 1. The number of anilines is 1. The van der Waals surface area contributed by atoms with Gasteiger partial charge in [-0.2, -0.15) is 0 Å². The molecule has 0 radical (unpaired) electrons. The van der Waals surface area contributed by atoms with Crippen LogP contribution in [0, 0.1) is 5.92 Å². The minimum Gasteiger partial charge on any atom is -0.504 e. The molecule has 0 saturated carbocycles. The zero-order chi connectivity index (χ0) is 24.9. The minimum absolute atomic E-state index is 0.0762. The number of aromatic hydroxyl groups is 1.